The van der Waals surface area contributed by atoms with E-state index in [-0.39, 0.29) is 35.8 Å². The monoisotopic (exact) mass is 448 g/mol. The van der Waals surface area contributed by atoms with Gasteiger partial charge in [0.2, 0.25) is 11.3 Å². The molecule has 1 aromatic carbocycles. The molecule has 4 rings (SSSR count). The Hall–Kier alpha value is -3.17. The molecule has 1 aliphatic heterocycles. The molecule has 1 atom stereocenters. The standard InChI is InChI=1S/C22H23F3N4O3/c1-13-10-18(30)19(27-29(13)17-6-2-5-15(11-17)22(23,24)25)21(32)28-9-3-4-14(12-28)20(31)26-16-7-8-16/h2,5-6,10-11,14,16H,3-4,7-9,12H2,1H3,(H,26,31)/t14-/m0/s1. The highest BCUT2D eigenvalue weighted by molar-refractivity contribution is 5.92. The van der Waals surface area contributed by atoms with Gasteiger partial charge in [0.15, 0.2) is 5.69 Å². The fourth-order valence-corrected chi connectivity index (χ4v) is 3.84. The number of nitrogens with zero attached hydrogens (tertiary/aromatic N) is 3. The summed E-state index contributed by atoms with van der Waals surface area (Å²) < 4.78 is 40.5. The first kappa shape index (κ1) is 22.0. The second-order valence-corrected chi connectivity index (χ2v) is 8.33. The summed E-state index contributed by atoms with van der Waals surface area (Å²) in [7, 11) is 0. The van der Waals surface area contributed by atoms with Gasteiger partial charge in [-0.1, -0.05) is 6.07 Å². The normalized spacial score (nSPS) is 19.0. The van der Waals surface area contributed by atoms with Gasteiger partial charge in [0.25, 0.3) is 5.91 Å². The van der Waals surface area contributed by atoms with Gasteiger partial charge in [-0.3, -0.25) is 14.4 Å². The van der Waals surface area contributed by atoms with Crippen LogP contribution in [-0.4, -0.2) is 45.6 Å². The number of rotatable bonds is 4. The molecule has 7 nitrogen and oxygen atoms in total. The second kappa shape index (κ2) is 8.40. The van der Waals surface area contributed by atoms with Gasteiger partial charge >= 0.3 is 6.18 Å². The molecule has 170 valence electrons. The number of halogens is 3. The SMILES string of the molecule is Cc1cc(=O)c(C(=O)N2CCC[C@H](C(=O)NC3CC3)C2)nn1-c1cccc(C(F)(F)F)c1. The largest absolute Gasteiger partial charge is 0.416 e. The Balaban J connectivity index is 1.60. The Morgan fingerprint density at radius 2 is 1.91 bits per heavy atom. The van der Waals surface area contributed by atoms with Crippen molar-refractivity contribution in [2.45, 2.75) is 44.8 Å². The molecule has 0 spiro atoms. The molecule has 2 amide bonds. The van der Waals surface area contributed by atoms with Crippen LogP contribution in [0.2, 0.25) is 0 Å². The highest BCUT2D eigenvalue weighted by atomic mass is 19.4. The molecular weight excluding hydrogens is 425 g/mol. The van der Waals surface area contributed by atoms with E-state index in [1.807, 2.05) is 0 Å². The van der Waals surface area contributed by atoms with E-state index >= 15 is 0 Å². The average Bonchev–Trinajstić information content (AvgIpc) is 3.57. The van der Waals surface area contributed by atoms with Crippen LogP contribution in [0, 0.1) is 12.8 Å². The van der Waals surface area contributed by atoms with Crippen LogP contribution in [0.4, 0.5) is 13.2 Å². The van der Waals surface area contributed by atoms with Crippen LogP contribution in [0.15, 0.2) is 35.1 Å². The fraction of sp³-hybridized carbons (Fsp3) is 0.455. The maximum Gasteiger partial charge on any atom is 0.416 e. The Bertz CT molecular complexity index is 1110. The minimum Gasteiger partial charge on any atom is -0.353 e. The van der Waals surface area contributed by atoms with Gasteiger partial charge in [0, 0.05) is 30.9 Å². The number of likely N-dealkylation sites (tertiary alicyclic amines) is 1. The second-order valence-electron chi connectivity index (χ2n) is 8.33. The van der Waals surface area contributed by atoms with Crippen LogP contribution in [0.5, 0.6) is 0 Å². The molecule has 10 heteroatoms. The third-order valence-corrected chi connectivity index (χ3v) is 5.73. The predicted octanol–water partition coefficient (Wildman–Crippen LogP) is 2.69. The number of amides is 2. The van der Waals surface area contributed by atoms with Crippen molar-refractivity contribution in [1.82, 2.24) is 20.0 Å². The third-order valence-electron chi connectivity index (χ3n) is 5.73. The summed E-state index contributed by atoms with van der Waals surface area (Å²) in [4.78, 5) is 39.4. The summed E-state index contributed by atoms with van der Waals surface area (Å²) in [6, 6.07) is 5.92. The molecule has 0 bridgehead atoms. The number of carbonyl (C=O) groups is 2. The molecule has 32 heavy (non-hydrogen) atoms. The van der Waals surface area contributed by atoms with E-state index < -0.39 is 23.1 Å². The first-order chi connectivity index (χ1) is 15.1. The number of aryl methyl sites for hydroxylation is 1. The van der Waals surface area contributed by atoms with Crippen molar-refractivity contribution >= 4 is 11.8 Å². The minimum absolute atomic E-state index is 0.0895. The molecule has 1 saturated carbocycles. The number of aromatic nitrogens is 2. The molecule has 1 aliphatic carbocycles. The molecular formula is C22H23F3N4O3. The summed E-state index contributed by atoms with van der Waals surface area (Å²) in [6.07, 6.45) is -1.35. The van der Waals surface area contributed by atoms with Gasteiger partial charge in [-0.15, -0.1) is 0 Å². The van der Waals surface area contributed by atoms with Crippen molar-refractivity contribution in [1.29, 1.82) is 0 Å². The average molecular weight is 448 g/mol. The van der Waals surface area contributed by atoms with Crippen molar-refractivity contribution < 1.29 is 22.8 Å². The maximum atomic E-state index is 13.1. The van der Waals surface area contributed by atoms with Crippen molar-refractivity contribution in [2.24, 2.45) is 5.92 Å². The van der Waals surface area contributed by atoms with Gasteiger partial charge in [-0.2, -0.15) is 18.3 Å². The van der Waals surface area contributed by atoms with E-state index in [0.29, 0.717) is 25.1 Å². The quantitative estimate of drug-likeness (QED) is 0.780. The van der Waals surface area contributed by atoms with Crippen LogP contribution in [0.1, 0.15) is 47.4 Å². The molecule has 0 unspecified atom stereocenters. The van der Waals surface area contributed by atoms with E-state index in [2.05, 4.69) is 10.4 Å². The summed E-state index contributed by atoms with van der Waals surface area (Å²) in [5.74, 6) is -1.08. The smallest absolute Gasteiger partial charge is 0.353 e. The van der Waals surface area contributed by atoms with E-state index in [1.165, 1.54) is 30.0 Å². The lowest BCUT2D eigenvalue weighted by molar-refractivity contribution is -0.137. The first-order valence-electron chi connectivity index (χ1n) is 10.5. The van der Waals surface area contributed by atoms with Crippen molar-refractivity contribution in [3.05, 3.63) is 57.5 Å². The predicted molar refractivity (Wildman–Crippen MR) is 109 cm³/mol. The van der Waals surface area contributed by atoms with Crippen molar-refractivity contribution in [3.8, 4) is 5.69 Å². The summed E-state index contributed by atoms with van der Waals surface area (Å²) in [6.45, 7) is 2.09. The van der Waals surface area contributed by atoms with Crippen molar-refractivity contribution in [3.63, 3.8) is 0 Å². The van der Waals surface area contributed by atoms with Crippen LogP contribution in [-0.2, 0) is 11.0 Å². The highest BCUT2D eigenvalue weighted by Gasteiger charge is 2.34. The minimum atomic E-state index is -4.54. The van der Waals surface area contributed by atoms with Crippen LogP contribution in [0.25, 0.3) is 5.69 Å². The zero-order valence-electron chi connectivity index (χ0n) is 17.5. The van der Waals surface area contributed by atoms with Crippen LogP contribution >= 0.6 is 0 Å². The number of hydrogen-bond donors (Lipinski definition) is 1. The summed E-state index contributed by atoms with van der Waals surface area (Å²) in [5.41, 5.74) is -1.46. The Kier molecular flexibility index (Phi) is 5.79. The molecule has 0 radical (unpaired) electrons. The van der Waals surface area contributed by atoms with Gasteiger partial charge in [0.1, 0.15) is 0 Å². The molecule has 1 saturated heterocycles. The Morgan fingerprint density at radius 1 is 1.16 bits per heavy atom. The topological polar surface area (TPSA) is 84.3 Å². The number of benzene rings is 1. The lowest BCUT2D eigenvalue weighted by Gasteiger charge is -2.31. The van der Waals surface area contributed by atoms with Gasteiger partial charge in [0.05, 0.1) is 17.2 Å². The highest BCUT2D eigenvalue weighted by Crippen LogP contribution is 2.30. The molecule has 1 N–H and O–H groups in total. The number of piperidine rings is 1. The lowest BCUT2D eigenvalue weighted by atomic mass is 9.96. The first-order valence-corrected chi connectivity index (χ1v) is 10.5. The number of alkyl halides is 3. The molecule has 2 aliphatic rings. The summed E-state index contributed by atoms with van der Waals surface area (Å²) >= 11 is 0. The number of hydrogen-bond acceptors (Lipinski definition) is 4. The van der Waals surface area contributed by atoms with E-state index in [0.717, 1.165) is 29.7 Å². The zero-order valence-corrected chi connectivity index (χ0v) is 17.5. The fourth-order valence-electron chi connectivity index (χ4n) is 3.84. The van der Waals surface area contributed by atoms with Gasteiger partial charge < -0.3 is 10.2 Å². The molecule has 2 aromatic rings. The summed E-state index contributed by atoms with van der Waals surface area (Å²) in [5, 5.41) is 7.05. The van der Waals surface area contributed by atoms with Crippen molar-refractivity contribution in [2.75, 3.05) is 13.1 Å². The Morgan fingerprint density at radius 3 is 2.59 bits per heavy atom. The van der Waals surface area contributed by atoms with E-state index in [4.69, 9.17) is 0 Å². The van der Waals surface area contributed by atoms with E-state index in [1.54, 1.807) is 0 Å². The maximum absolute atomic E-state index is 13.1. The third kappa shape index (κ3) is 4.68. The van der Waals surface area contributed by atoms with Crippen LogP contribution in [0.3, 0.4) is 0 Å². The van der Waals surface area contributed by atoms with Crippen LogP contribution < -0.4 is 10.7 Å². The molecule has 2 fully saturated rings. The number of carbonyl (C=O) groups excluding carboxylic acids is 2. The van der Waals surface area contributed by atoms with Gasteiger partial charge in [-0.05, 0) is 50.8 Å². The zero-order chi connectivity index (χ0) is 23.0. The molecule has 1 aromatic heterocycles. The van der Waals surface area contributed by atoms with E-state index in [9.17, 15) is 27.6 Å². The number of nitrogens with one attached hydrogen (secondary N) is 1. The molecule has 2 heterocycles. The lowest BCUT2D eigenvalue weighted by Crippen LogP contribution is -2.47. The Labute approximate surface area is 182 Å². The van der Waals surface area contributed by atoms with Gasteiger partial charge in [-0.25, -0.2) is 4.68 Å².